The molecule has 0 bridgehead atoms. The monoisotopic (exact) mass is 628 g/mol. The molecule has 0 saturated heterocycles. The quantitative estimate of drug-likeness (QED) is 0.135. The number of hydrogen-bond acceptors (Lipinski definition) is 0. The van der Waals surface area contributed by atoms with Crippen LogP contribution in [0.25, 0.3) is 122 Å². The van der Waals surface area contributed by atoms with Gasteiger partial charge in [0.1, 0.15) is 0 Å². The largest absolute Gasteiger partial charge is 0.0622 e. The van der Waals surface area contributed by atoms with Gasteiger partial charge >= 0.3 is 0 Å². The van der Waals surface area contributed by atoms with Crippen molar-refractivity contribution < 1.29 is 0 Å². The molecule has 0 unspecified atom stereocenters. The highest BCUT2D eigenvalue weighted by Crippen LogP contribution is 2.60. The van der Waals surface area contributed by atoms with Gasteiger partial charge in [0.05, 0.1) is 0 Å². The van der Waals surface area contributed by atoms with Gasteiger partial charge < -0.3 is 0 Å². The minimum Gasteiger partial charge on any atom is -0.0622 e. The van der Waals surface area contributed by atoms with Crippen LogP contribution in [-0.2, 0) is 0 Å². The molecule has 0 fully saturated rings. The lowest BCUT2D eigenvalue weighted by Crippen LogP contribution is -1.95. The average Bonchev–Trinajstić information content (AvgIpc) is 3.76. The molecule has 0 heterocycles. The van der Waals surface area contributed by atoms with Crippen LogP contribution in [0.1, 0.15) is 11.1 Å². The van der Waals surface area contributed by atoms with E-state index in [1.807, 2.05) is 0 Å². The summed E-state index contributed by atoms with van der Waals surface area (Å²) in [5.41, 5.74) is 15.6. The first-order valence-electron chi connectivity index (χ1n) is 17.5. The number of rotatable bonds is 3. The van der Waals surface area contributed by atoms with Gasteiger partial charge in [-0.1, -0.05) is 170 Å². The van der Waals surface area contributed by atoms with E-state index >= 15 is 0 Å². The summed E-state index contributed by atoms with van der Waals surface area (Å²) in [6.45, 7) is 0. The van der Waals surface area contributed by atoms with Crippen molar-refractivity contribution in [3.05, 3.63) is 169 Å². The molecule has 0 N–H and O–H groups in total. The van der Waals surface area contributed by atoms with E-state index in [9.17, 15) is 0 Å². The van der Waals surface area contributed by atoms with Crippen molar-refractivity contribution >= 4 is 66.0 Å². The van der Waals surface area contributed by atoms with Crippen molar-refractivity contribution in [1.29, 1.82) is 0 Å². The van der Waals surface area contributed by atoms with Crippen LogP contribution in [0.15, 0.2) is 158 Å². The minimum absolute atomic E-state index is 1.23. The third-order valence-electron chi connectivity index (χ3n) is 11.5. The maximum atomic E-state index is 2.43. The Bertz CT molecular complexity index is 3050. The molecule has 0 saturated carbocycles. The second-order valence-corrected chi connectivity index (χ2v) is 13.9. The van der Waals surface area contributed by atoms with E-state index in [4.69, 9.17) is 0 Å². The van der Waals surface area contributed by atoms with Gasteiger partial charge in [0.15, 0.2) is 0 Å². The highest BCUT2D eigenvalue weighted by atomic mass is 14.3. The maximum absolute atomic E-state index is 2.43. The first-order valence-corrected chi connectivity index (χ1v) is 17.5. The zero-order valence-electron chi connectivity index (χ0n) is 27.2. The van der Waals surface area contributed by atoms with E-state index in [2.05, 4.69) is 170 Å². The molecule has 0 spiro atoms. The van der Waals surface area contributed by atoms with Crippen molar-refractivity contribution in [3.8, 4) is 55.6 Å². The molecule has 0 aliphatic heterocycles. The summed E-state index contributed by atoms with van der Waals surface area (Å²) in [7, 11) is 0. The lowest BCUT2D eigenvalue weighted by atomic mass is 9.81. The van der Waals surface area contributed by atoms with E-state index in [-0.39, 0.29) is 0 Å². The van der Waals surface area contributed by atoms with Crippen molar-refractivity contribution in [3.63, 3.8) is 0 Å². The van der Waals surface area contributed by atoms with Crippen LogP contribution in [0.3, 0.4) is 0 Å². The lowest BCUT2D eigenvalue weighted by Gasteiger charge is -2.22. The van der Waals surface area contributed by atoms with E-state index in [1.165, 1.54) is 121 Å². The molecule has 12 rings (SSSR count). The van der Waals surface area contributed by atoms with Gasteiger partial charge in [-0.25, -0.2) is 0 Å². The number of benzene rings is 10. The molecule has 2 aliphatic rings. The van der Waals surface area contributed by atoms with Gasteiger partial charge in [-0.05, 0) is 121 Å². The molecule has 10 aromatic carbocycles. The average molecular weight is 629 g/mol. The van der Waals surface area contributed by atoms with Gasteiger partial charge in [0.25, 0.3) is 0 Å². The zero-order valence-corrected chi connectivity index (χ0v) is 27.2. The summed E-state index contributed by atoms with van der Waals surface area (Å²) >= 11 is 0. The fourth-order valence-electron chi connectivity index (χ4n) is 9.55. The van der Waals surface area contributed by atoms with Crippen LogP contribution in [0.5, 0.6) is 0 Å². The Kier molecular flexibility index (Phi) is 5.06. The Morgan fingerprint density at radius 1 is 0.220 bits per heavy atom. The van der Waals surface area contributed by atoms with Crippen molar-refractivity contribution in [1.82, 2.24) is 0 Å². The molecule has 2 aliphatic carbocycles. The van der Waals surface area contributed by atoms with Crippen LogP contribution in [-0.4, -0.2) is 0 Å². The van der Waals surface area contributed by atoms with E-state index < -0.39 is 0 Å². The molecule has 0 amide bonds. The third kappa shape index (κ3) is 3.26. The normalized spacial score (nSPS) is 12.7. The van der Waals surface area contributed by atoms with Gasteiger partial charge in [0.2, 0.25) is 0 Å². The fraction of sp³-hybridized carbons (Fsp3) is 0. The number of fused-ring (bicyclic) bond motifs is 6. The molecule has 10 aromatic rings. The van der Waals surface area contributed by atoms with Crippen LogP contribution in [0.2, 0.25) is 0 Å². The molecule has 0 aromatic heterocycles. The summed E-state index contributed by atoms with van der Waals surface area (Å²) in [4.78, 5) is 0. The summed E-state index contributed by atoms with van der Waals surface area (Å²) in [6, 6.07) is 59.0. The maximum Gasteiger partial charge on any atom is -0.000718 e. The van der Waals surface area contributed by atoms with Gasteiger partial charge in [-0.15, -0.1) is 0 Å². The summed E-state index contributed by atoms with van der Waals surface area (Å²) in [5, 5.41) is 13.5. The molecule has 0 radical (unpaired) electrons. The predicted molar refractivity (Wildman–Crippen MR) is 215 cm³/mol. The van der Waals surface area contributed by atoms with Crippen molar-refractivity contribution in [2.24, 2.45) is 0 Å². The molecule has 0 atom stereocenters. The highest BCUT2D eigenvalue weighted by molar-refractivity contribution is 6.40. The van der Waals surface area contributed by atoms with Gasteiger partial charge in [-0.2, -0.15) is 0 Å². The van der Waals surface area contributed by atoms with E-state index in [0.29, 0.717) is 0 Å². The predicted octanol–water partition coefficient (Wildman–Crippen LogP) is 14.0. The second kappa shape index (κ2) is 9.56. The summed E-state index contributed by atoms with van der Waals surface area (Å²) in [5.74, 6) is 0. The minimum atomic E-state index is 1.23. The molecule has 0 heteroatoms. The summed E-state index contributed by atoms with van der Waals surface area (Å²) < 4.78 is 0. The molecular formula is C50H28. The van der Waals surface area contributed by atoms with Crippen LogP contribution in [0.4, 0.5) is 0 Å². The summed E-state index contributed by atoms with van der Waals surface area (Å²) in [6.07, 6.45) is 4.54. The molecule has 0 nitrogen and oxygen atoms in total. The highest BCUT2D eigenvalue weighted by Gasteiger charge is 2.33. The Labute approximate surface area is 289 Å². The van der Waals surface area contributed by atoms with Gasteiger partial charge in [0, 0.05) is 0 Å². The zero-order chi connectivity index (χ0) is 32.5. The molecule has 50 heavy (non-hydrogen) atoms. The third-order valence-corrected chi connectivity index (χ3v) is 11.5. The lowest BCUT2D eigenvalue weighted by molar-refractivity contribution is 1.59. The van der Waals surface area contributed by atoms with Crippen LogP contribution in [0, 0.1) is 0 Å². The Balaban J connectivity index is 1.30. The fourth-order valence-corrected chi connectivity index (χ4v) is 9.55. The van der Waals surface area contributed by atoms with E-state index in [1.54, 1.807) is 0 Å². The SMILES string of the molecule is C1=Cc2ccc3c4ccc5c6c(ccc(c7ccc1c2c73)c64)-c1c-5c(-c2ccccc2-c2ccccc2)c2ccccc2c1-c1ccccc1. The molecular weight excluding hydrogens is 601 g/mol. The first kappa shape index (κ1) is 26.5. The van der Waals surface area contributed by atoms with Crippen molar-refractivity contribution in [2.75, 3.05) is 0 Å². The second-order valence-electron chi connectivity index (χ2n) is 13.9. The number of hydrogen-bond donors (Lipinski definition) is 0. The first-order chi connectivity index (χ1) is 24.8. The smallest absolute Gasteiger partial charge is 0.000718 e. The van der Waals surface area contributed by atoms with E-state index in [0.717, 1.165) is 0 Å². The van der Waals surface area contributed by atoms with Crippen LogP contribution >= 0.6 is 0 Å². The van der Waals surface area contributed by atoms with Gasteiger partial charge in [-0.3, -0.25) is 0 Å². The Morgan fingerprint density at radius 2 is 0.680 bits per heavy atom. The Morgan fingerprint density at radius 3 is 1.30 bits per heavy atom. The molecule has 228 valence electrons. The Hall–Kier alpha value is -6.50. The topological polar surface area (TPSA) is 0 Å². The standard InChI is InChI=1S/C50H28/c1-3-11-29(12-4-1)33-15-7-8-16-34(33)47-36-18-10-9-17-35(36)44(30-13-5-2-6-14-30)49-41-27-25-39-37-23-21-31-19-20-32-22-24-38(45(37)43(31)32)40-26-28-42(50(47)49)48(41)46(39)40/h1-28H. The van der Waals surface area contributed by atoms with Crippen LogP contribution < -0.4 is 0 Å². The van der Waals surface area contributed by atoms with Crippen molar-refractivity contribution in [2.45, 2.75) is 0 Å².